The second-order valence-corrected chi connectivity index (χ2v) is 7.89. The number of ether oxygens (including phenoxy) is 1. The fraction of sp³-hybridized carbons (Fsp3) is 0.381. The van der Waals surface area contributed by atoms with Crippen LogP contribution in [-0.2, 0) is 29.1 Å². The largest absolute Gasteiger partial charge is 0.375 e. The van der Waals surface area contributed by atoms with Crippen LogP contribution in [0.25, 0.3) is 11.4 Å². The van der Waals surface area contributed by atoms with Crippen molar-refractivity contribution in [1.29, 1.82) is 0 Å². The van der Waals surface area contributed by atoms with E-state index >= 15 is 0 Å². The molecular weight excluding hydrogens is 388 g/mol. The topological polar surface area (TPSA) is 71.7 Å². The molecule has 4 rings (SSSR count). The van der Waals surface area contributed by atoms with Gasteiger partial charge in [0.05, 0.1) is 6.42 Å². The highest BCUT2D eigenvalue weighted by atomic mass is 32.1. The van der Waals surface area contributed by atoms with Gasteiger partial charge in [0.25, 0.3) is 5.89 Å². The van der Waals surface area contributed by atoms with Crippen LogP contribution in [0, 0.1) is 0 Å². The van der Waals surface area contributed by atoms with E-state index < -0.39 is 0 Å². The molecule has 8 heteroatoms. The van der Waals surface area contributed by atoms with Crippen LogP contribution >= 0.6 is 11.3 Å². The van der Waals surface area contributed by atoms with Gasteiger partial charge in [-0.05, 0) is 28.0 Å². The van der Waals surface area contributed by atoms with E-state index in [1.807, 2.05) is 33.9 Å². The second-order valence-electron chi connectivity index (χ2n) is 7.11. The molecule has 0 unspecified atom stereocenters. The van der Waals surface area contributed by atoms with Crippen molar-refractivity contribution in [3.63, 3.8) is 0 Å². The molecule has 7 nitrogen and oxygen atoms in total. The maximum Gasteiger partial charge on any atom is 0.252 e. The van der Waals surface area contributed by atoms with Crippen LogP contribution in [0.4, 0.5) is 0 Å². The summed E-state index contributed by atoms with van der Waals surface area (Å²) in [5.74, 6) is 1.26. The lowest BCUT2D eigenvalue weighted by Crippen LogP contribution is -2.48. The van der Waals surface area contributed by atoms with Crippen LogP contribution in [0.2, 0.25) is 0 Å². The molecule has 0 atom stereocenters. The Kier molecular flexibility index (Phi) is 6.33. The zero-order valence-corrected chi connectivity index (χ0v) is 17.2. The van der Waals surface area contributed by atoms with Crippen molar-refractivity contribution >= 4 is 17.2 Å². The third-order valence-corrected chi connectivity index (χ3v) is 5.75. The Morgan fingerprint density at radius 3 is 2.62 bits per heavy atom. The minimum absolute atomic E-state index is 0.223. The molecule has 1 saturated heterocycles. The number of thiophene rings is 1. The molecule has 2 aromatic heterocycles. The standard InChI is InChI=1S/C21H24N4O3S/c1-27-14-19-22-21(23-28-19)18-4-2-16(3-5-18)13-24-7-9-25(10-8-24)20(26)12-17-6-11-29-15-17/h2-6,11,15H,7-10,12-14H2,1H3. The fourth-order valence-electron chi connectivity index (χ4n) is 3.41. The van der Waals surface area contributed by atoms with Gasteiger partial charge in [0.1, 0.15) is 6.61 Å². The quantitative estimate of drug-likeness (QED) is 0.594. The van der Waals surface area contributed by atoms with Gasteiger partial charge in [0, 0.05) is 45.4 Å². The number of methoxy groups -OCH3 is 1. The Labute approximate surface area is 173 Å². The van der Waals surface area contributed by atoms with E-state index in [1.165, 1.54) is 5.56 Å². The molecule has 152 valence electrons. The predicted molar refractivity (Wildman–Crippen MR) is 110 cm³/mol. The molecule has 0 radical (unpaired) electrons. The Balaban J connectivity index is 1.27. The van der Waals surface area contributed by atoms with E-state index in [0.717, 1.165) is 43.9 Å². The highest BCUT2D eigenvalue weighted by Gasteiger charge is 2.21. The summed E-state index contributed by atoms with van der Waals surface area (Å²) in [6.45, 7) is 4.53. The van der Waals surface area contributed by atoms with Crippen LogP contribution in [0.15, 0.2) is 45.6 Å². The molecule has 29 heavy (non-hydrogen) atoms. The fourth-order valence-corrected chi connectivity index (χ4v) is 4.08. The van der Waals surface area contributed by atoms with E-state index in [9.17, 15) is 4.79 Å². The van der Waals surface area contributed by atoms with Crippen molar-refractivity contribution in [2.24, 2.45) is 0 Å². The molecule has 1 aromatic carbocycles. The Morgan fingerprint density at radius 1 is 1.14 bits per heavy atom. The Morgan fingerprint density at radius 2 is 1.93 bits per heavy atom. The summed E-state index contributed by atoms with van der Waals surface area (Å²) in [6.07, 6.45) is 0.507. The number of benzene rings is 1. The summed E-state index contributed by atoms with van der Waals surface area (Å²) < 4.78 is 10.2. The molecule has 1 aliphatic rings. The minimum atomic E-state index is 0.223. The summed E-state index contributed by atoms with van der Waals surface area (Å²) in [6, 6.07) is 10.2. The molecule has 0 saturated carbocycles. The lowest BCUT2D eigenvalue weighted by molar-refractivity contribution is -0.132. The number of rotatable bonds is 7. The number of aromatic nitrogens is 2. The van der Waals surface area contributed by atoms with Gasteiger partial charge < -0.3 is 14.2 Å². The second kappa shape index (κ2) is 9.30. The van der Waals surface area contributed by atoms with Gasteiger partial charge >= 0.3 is 0 Å². The summed E-state index contributed by atoms with van der Waals surface area (Å²) in [5.41, 5.74) is 3.26. The Bertz CT molecular complexity index is 916. The number of amides is 1. The van der Waals surface area contributed by atoms with Gasteiger partial charge in [-0.3, -0.25) is 9.69 Å². The molecule has 1 aliphatic heterocycles. The summed E-state index contributed by atoms with van der Waals surface area (Å²) in [5, 5.41) is 8.05. The maximum atomic E-state index is 12.4. The minimum Gasteiger partial charge on any atom is -0.375 e. The van der Waals surface area contributed by atoms with Gasteiger partial charge in [-0.25, -0.2) is 0 Å². The number of nitrogens with zero attached hydrogens (tertiary/aromatic N) is 4. The van der Waals surface area contributed by atoms with Crippen molar-refractivity contribution in [1.82, 2.24) is 19.9 Å². The Hall–Kier alpha value is -2.55. The first kappa shape index (κ1) is 19.8. The molecule has 3 heterocycles. The highest BCUT2D eigenvalue weighted by molar-refractivity contribution is 7.08. The molecular formula is C21H24N4O3S. The van der Waals surface area contributed by atoms with Crippen LogP contribution < -0.4 is 0 Å². The van der Waals surface area contributed by atoms with Crippen molar-refractivity contribution in [2.75, 3.05) is 33.3 Å². The molecule has 1 amide bonds. The third-order valence-electron chi connectivity index (χ3n) is 5.01. The van der Waals surface area contributed by atoms with Crippen molar-refractivity contribution in [3.05, 3.63) is 58.1 Å². The van der Waals surface area contributed by atoms with Crippen molar-refractivity contribution < 1.29 is 14.1 Å². The SMILES string of the molecule is COCc1nc(-c2ccc(CN3CCN(C(=O)Cc4ccsc4)CC3)cc2)no1. The van der Waals surface area contributed by atoms with E-state index in [1.54, 1.807) is 18.4 Å². The summed E-state index contributed by atoms with van der Waals surface area (Å²) >= 11 is 1.64. The molecule has 0 bridgehead atoms. The maximum absolute atomic E-state index is 12.4. The lowest BCUT2D eigenvalue weighted by atomic mass is 10.1. The number of carbonyl (C=O) groups is 1. The van der Waals surface area contributed by atoms with Crippen LogP contribution in [0.1, 0.15) is 17.0 Å². The monoisotopic (exact) mass is 412 g/mol. The highest BCUT2D eigenvalue weighted by Crippen LogP contribution is 2.18. The van der Waals surface area contributed by atoms with Gasteiger partial charge in [0.15, 0.2) is 0 Å². The molecule has 1 fully saturated rings. The third kappa shape index (κ3) is 5.09. The average Bonchev–Trinajstić information content (AvgIpc) is 3.42. The first-order chi connectivity index (χ1) is 14.2. The normalized spacial score (nSPS) is 15.0. The number of carbonyl (C=O) groups excluding carboxylic acids is 1. The van der Waals surface area contributed by atoms with Gasteiger partial charge in [0.2, 0.25) is 11.7 Å². The smallest absolute Gasteiger partial charge is 0.252 e. The van der Waals surface area contributed by atoms with E-state index in [0.29, 0.717) is 24.7 Å². The van der Waals surface area contributed by atoms with Crippen LogP contribution in [0.3, 0.4) is 0 Å². The zero-order chi connectivity index (χ0) is 20.1. The van der Waals surface area contributed by atoms with Crippen molar-refractivity contribution in [3.8, 4) is 11.4 Å². The zero-order valence-electron chi connectivity index (χ0n) is 16.4. The number of hydrogen-bond acceptors (Lipinski definition) is 7. The average molecular weight is 413 g/mol. The molecule has 3 aromatic rings. The van der Waals surface area contributed by atoms with Crippen molar-refractivity contribution in [2.45, 2.75) is 19.6 Å². The predicted octanol–water partition coefficient (Wildman–Crippen LogP) is 2.83. The van der Waals surface area contributed by atoms with Crippen LogP contribution in [0.5, 0.6) is 0 Å². The number of hydrogen-bond donors (Lipinski definition) is 0. The summed E-state index contributed by atoms with van der Waals surface area (Å²) in [7, 11) is 1.60. The first-order valence-corrected chi connectivity index (χ1v) is 10.6. The summed E-state index contributed by atoms with van der Waals surface area (Å²) in [4.78, 5) is 21.1. The van der Waals surface area contributed by atoms with E-state index in [4.69, 9.17) is 9.26 Å². The first-order valence-electron chi connectivity index (χ1n) is 9.63. The molecule has 0 spiro atoms. The van der Waals surface area contributed by atoms with Gasteiger partial charge in [-0.1, -0.05) is 29.4 Å². The van der Waals surface area contributed by atoms with Gasteiger partial charge in [-0.2, -0.15) is 16.3 Å². The van der Waals surface area contributed by atoms with E-state index in [-0.39, 0.29) is 5.91 Å². The molecule has 0 aliphatic carbocycles. The van der Waals surface area contributed by atoms with Crippen LogP contribution in [-0.4, -0.2) is 59.1 Å². The number of piperazine rings is 1. The van der Waals surface area contributed by atoms with E-state index in [2.05, 4.69) is 27.2 Å². The van der Waals surface area contributed by atoms with Gasteiger partial charge in [-0.15, -0.1) is 0 Å². The molecule has 0 N–H and O–H groups in total. The lowest BCUT2D eigenvalue weighted by Gasteiger charge is -2.34.